The lowest BCUT2D eigenvalue weighted by Crippen LogP contribution is -2.64. The lowest BCUT2D eigenvalue weighted by Gasteiger charge is -2.40. The number of hydrazine groups is 1. The average Bonchev–Trinajstić information content (AvgIpc) is 2.30. The minimum atomic E-state index is -0.690. The van der Waals surface area contributed by atoms with Gasteiger partial charge in [0, 0.05) is 6.42 Å². The van der Waals surface area contributed by atoms with Crippen LogP contribution in [-0.2, 0) is 14.4 Å². The fourth-order valence-corrected chi connectivity index (χ4v) is 1.85. The van der Waals surface area contributed by atoms with Crippen LogP contribution in [0.4, 0.5) is 0 Å². The third kappa shape index (κ3) is 3.51. The first kappa shape index (κ1) is 14.6. The predicted molar refractivity (Wildman–Crippen MR) is 65.0 cm³/mol. The number of imide groups is 1. The van der Waals surface area contributed by atoms with E-state index in [1.54, 1.807) is 13.8 Å². The van der Waals surface area contributed by atoms with E-state index in [2.05, 4.69) is 10.7 Å². The Morgan fingerprint density at radius 3 is 2.72 bits per heavy atom. The maximum atomic E-state index is 11.7. The first-order valence-electron chi connectivity index (χ1n) is 5.96. The van der Waals surface area contributed by atoms with Crippen LogP contribution < -0.4 is 16.6 Å². The first-order chi connectivity index (χ1) is 8.37. The van der Waals surface area contributed by atoms with E-state index in [9.17, 15) is 14.4 Å². The Bertz CT molecular complexity index is 354. The average molecular weight is 256 g/mol. The molecule has 1 fully saturated rings. The number of amides is 3. The number of hydrogen-bond acceptors (Lipinski definition) is 5. The van der Waals surface area contributed by atoms with Crippen LogP contribution in [0, 0.1) is 0 Å². The van der Waals surface area contributed by atoms with Crippen molar-refractivity contribution >= 4 is 17.7 Å². The van der Waals surface area contributed by atoms with Gasteiger partial charge in [-0.05, 0) is 33.2 Å². The van der Waals surface area contributed by atoms with Gasteiger partial charge in [0.15, 0.2) is 0 Å². The van der Waals surface area contributed by atoms with E-state index in [0.717, 1.165) is 6.42 Å². The minimum Gasteiger partial charge on any atom is -0.294 e. The molecular weight excluding hydrogens is 236 g/mol. The Hall–Kier alpha value is -1.47. The summed E-state index contributed by atoms with van der Waals surface area (Å²) in [4.78, 5) is 35.7. The van der Waals surface area contributed by atoms with Crippen molar-refractivity contribution in [1.82, 2.24) is 15.6 Å². The van der Waals surface area contributed by atoms with Gasteiger partial charge in [0.1, 0.15) is 0 Å². The zero-order chi connectivity index (χ0) is 13.8. The van der Waals surface area contributed by atoms with Gasteiger partial charge in [-0.15, -0.1) is 0 Å². The summed E-state index contributed by atoms with van der Waals surface area (Å²) in [6.45, 7) is 4.37. The third-order valence-corrected chi connectivity index (χ3v) is 3.18. The van der Waals surface area contributed by atoms with E-state index in [1.165, 1.54) is 0 Å². The summed E-state index contributed by atoms with van der Waals surface area (Å²) in [5, 5.41) is 2.32. The predicted octanol–water partition coefficient (Wildman–Crippen LogP) is -1.12. The van der Waals surface area contributed by atoms with Gasteiger partial charge in [-0.2, -0.15) is 0 Å². The Morgan fingerprint density at radius 2 is 2.11 bits per heavy atom. The standard InChI is InChI=1S/C11H20N4O3/c1-11(2)10(18)13-9(17)7-15(11)6-4-3-5-8(16)14-12/h3-7,12H2,1-2H3,(H,14,16)(H,13,17,18). The second-order valence-electron chi connectivity index (χ2n) is 4.88. The van der Waals surface area contributed by atoms with E-state index < -0.39 is 5.54 Å². The second-order valence-corrected chi connectivity index (χ2v) is 4.88. The molecule has 0 spiro atoms. The molecule has 0 aromatic heterocycles. The monoisotopic (exact) mass is 256 g/mol. The number of hydrogen-bond donors (Lipinski definition) is 3. The SMILES string of the molecule is CC1(C)C(=O)NC(=O)CN1CCCCC(=O)NN. The van der Waals surface area contributed by atoms with Gasteiger partial charge in [0.05, 0.1) is 12.1 Å². The molecule has 1 rings (SSSR count). The summed E-state index contributed by atoms with van der Waals surface area (Å²) >= 11 is 0. The van der Waals surface area contributed by atoms with Crippen molar-refractivity contribution in [2.24, 2.45) is 5.84 Å². The lowest BCUT2D eigenvalue weighted by molar-refractivity contribution is -0.145. The molecule has 0 bridgehead atoms. The van der Waals surface area contributed by atoms with Crippen LogP contribution in [0.1, 0.15) is 33.1 Å². The molecule has 0 unspecified atom stereocenters. The molecule has 0 radical (unpaired) electrons. The molecule has 0 aliphatic carbocycles. The fourth-order valence-electron chi connectivity index (χ4n) is 1.85. The highest BCUT2D eigenvalue weighted by atomic mass is 16.2. The van der Waals surface area contributed by atoms with E-state index in [4.69, 9.17) is 5.84 Å². The van der Waals surface area contributed by atoms with E-state index in [-0.39, 0.29) is 24.3 Å². The van der Waals surface area contributed by atoms with Crippen molar-refractivity contribution in [3.05, 3.63) is 0 Å². The van der Waals surface area contributed by atoms with Crippen molar-refractivity contribution in [1.29, 1.82) is 0 Å². The highest BCUT2D eigenvalue weighted by molar-refractivity contribution is 6.02. The minimum absolute atomic E-state index is 0.207. The van der Waals surface area contributed by atoms with Crippen molar-refractivity contribution in [3.8, 4) is 0 Å². The fraction of sp³-hybridized carbons (Fsp3) is 0.727. The molecule has 7 heteroatoms. The van der Waals surface area contributed by atoms with E-state index in [1.807, 2.05) is 4.90 Å². The van der Waals surface area contributed by atoms with Gasteiger partial charge in [0.2, 0.25) is 17.7 Å². The topological polar surface area (TPSA) is 105 Å². The quantitative estimate of drug-likeness (QED) is 0.190. The van der Waals surface area contributed by atoms with E-state index in [0.29, 0.717) is 19.4 Å². The highest BCUT2D eigenvalue weighted by Crippen LogP contribution is 2.18. The summed E-state index contributed by atoms with van der Waals surface area (Å²) in [7, 11) is 0. The number of rotatable bonds is 5. The van der Waals surface area contributed by atoms with Crippen LogP contribution in [0.3, 0.4) is 0 Å². The molecule has 3 amide bonds. The van der Waals surface area contributed by atoms with Crippen molar-refractivity contribution in [3.63, 3.8) is 0 Å². The molecule has 18 heavy (non-hydrogen) atoms. The van der Waals surface area contributed by atoms with Crippen LogP contribution in [0.25, 0.3) is 0 Å². The summed E-state index contributed by atoms with van der Waals surface area (Å²) in [5.74, 6) is 4.20. The zero-order valence-corrected chi connectivity index (χ0v) is 10.8. The Balaban J connectivity index is 2.42. The molecule has 0 aromatic carbocycles. The molecular formula is C11H20N4O3. The molecule has 102 valence electrons. The van der Waals surface area contributed by atoms with Crippen molar-refractivity contribution in [2.45, 2.75) is 38.6 Å². The van der Waals surface area contributed by atoms with E-state index >= 15 is 0 Å². The number of nitrogens with zero attached hydrogens (tertiary/aromatic N) is 1. The number of nitrogens with one attached hydrogen (secondary N) is 2. The molecule has 1 heterocycles. The second kappa shape index (κ2) is 5.92. The summed E-state index contributed by atoms with van der Waals surface area (Å²) in [6, 6.07) is 0. The largest absolute Gasteiger partial charge is 0.294 e. The Labute approximate surface area is 106 Å². The van der Waals surface area contributed by atoms with Gasteiger partial charge in [0.25, 0.3) is 0 Å². The number of unbranched alkanes of at least 4 members (excludes halogenated alkanes) is 1. The number of piperazine rings is 1. The zero-order valence-electron chi connectivity index (χ0n) is 10.8. The Morgan fingerprint density at radius 1 is 1.44 bits per heavy atom. The third-order valence-electron chi connectivity index (χ3n) is 3.18. The molecule has 1 saturated heterocycles. The normalized spacial score (nSPS) is 19.5. The molecule has 0 saturated carbocycles. The van der Waals surface area contributed by atoms with Crippen LogP contribution in [-0.4, -0.2) is 41.2 Å². The summed E-state index contributed by atoms with van der Waals surface area (Å²) in [6.07, 6.45) is 1.76. The van der Waals surface area contributed by atoms with Crippen LogP contribution in [0.15, 0.2) is 0 Å². The number of carbonyl (C=O) groups is 3. The molecule has 0 aromatic rings. The molecule has 0 atom stereocenters. The van der Waals surface area contributed by atoms with Crippen LogP contribution in [0.2, 0.25) is 0 Å². The maximum absolute atomic E-state index is 11.7. The maximum Gasteiger partial charge on any atom is 0.246 e. The Kier molecular flexibility index (Phi) is 4.80. The van der Waals surface area contributed by atoms with Crippen LogP contribution in [0.5, 0.6) is 0 Å². The molecule has 7 nitrogen and oxygen atoms in total. The van der Waals surface area contributed by atoms with Crippen molar-refractivity contribution < 1.29 is 14.4 Å². The molecule has 4 N–H and O–H groups in total. The van der Waals surface area contributed by atoms with Crippen molar-refractivity contribution in [2.75, 3.05) is 13.1 Å². The highest BCUT2D eigenvalue weighted by Gasteiger charge is 2.40. The first-order valence-corrected chi connectivity index (χ1v) is 5.96. The molecule has 1 aliphatic rings. The van der Waals surface area contributed by atoms with Gasteiger partial charge >= 0.3 is 0 Å². The lowest BCUT2D eigenvalue weighted by atomic mass is 9.98. The van der Waals surface area contributed by atoms with Gasteiger partial charge in [-0.3, -0.25) is 30.0 Å². The van der Waals surface area contributed by atoms with Gasteiger partial charge in [-0.1, -0.05) is 0 Å². The summed E-state index contributed by atoms with van der Waals surface area (Å²) < 4.78 is 0. The van der Waals surface area contributed by atoms with Gasteiger partial charge in [-0.25, -0.2) is 5.84 Å². The molecule has 1 aliphatic heterocycles. The number of nitrogens with two attached hydrogens (primary N) is 1. The van der Waals surface area contributed by atoms with Crippen LogP contribution >= 0.6 is 0 Å². The summed E-state index contributed by atoms with van der Waals surface area (Å²) in [5.41, 5.74) is 1.37. The smallest absolute Gasteiger partial charge is 0.246 e. The van der Waals surface area contributed by atoms with Gasteiger partial charge < -0.3 is 0 Å². The number of carbonyl (C=O) groups excluding carboxylic acids is 3.